The summed E-state index contributed by atoms with van der Waals surface area (Å²) in [5, 5.41) is 28.3. The molecule has 1 unspecified atom stereocenters. The number of hydrogen-bond acceptors (Lipinski definition) is 10. The predicted molar refractivity (Wildman–Crippen MR) is 155 cm³/mol. The minimum absolute atomic E-state index is 0.197. The molecule has 0 saturated carbocycles. The lowest BCUT2D eigenvalue weighted by molar-refractivity contribution is -0.150. The molecule has 13 nitrogen and oxygen atoms in total. The maximum atomic E-state index is 13.3. The highest BCUT2D eigenvalue weighted by Crippen LogP contribution is 2.17. The Labute approximate surface area is 247 Å². The number of nitrogens with zero attached hydrogens (tertiary/aromatic N) is 4. The van der Waals surface area contributed by atoms with Gasteiger partial charge in [0.2, 0.25) is 0 Å². The molecule has 1 heterocycles. The lowest BCUT2D eigenvalue weighted by Gasteiger charge is -2.36. The maximum absolute atomic E-state index is 13.3. The van der Waals surface area contributed by atoms with Crippen molar-refractivity contribution in [2.24, 2.45) is 0 Å². The minimum Gasteiger partial charge on any atom is -0.494 e. The van der Waals surface area contributed by atoms with Crippen LogP contribution in [-0.2, 0) is 30.3 Å². The molecular formula is C29H46N4O9. The summed E-state index contributed by atoms with van der Waals surface area (Å²) in [6.07, 6.45) is 2.33. The molecule has 0 amide bonds. The molecule has 1 aromatic carbocycles. The molecule has 1 atom stereocenters. The average Bonchev–Trinajstić information content (AvgIpc) is 2.92. The normalized spacial score (nSPS) is 17.5. The average molecular weight is 595 g/mol. The first-order valence-electron chi connectivity index (χ1n) is 14.6. The van der Waals surface area contributed by atoms with Crippen molar-refractivity contribution in [1.82, 2.24) is 19.6 Å². The number of aliphatic carboxylic acids is 3. The zero-order valence-electron chi connectivity index (χ0n) is 24.8. The van der Waals surface area contributed by atoms with Crippen LogP contribution in [0.25, 0.3) is 0 Å². The van der Waals surface area contributed by atoms with Crippen LogP contribution < -0.4 is 4.74 Å². The van der Waals surface area contributed by atoms with Gasteiger partial charge in [0.15, 0.2) is 0 Å². The Hall–Kier alpha value is -3.26. The summed E-state index contributed by atoms with van der Waals surface area (Å²) in [6, 6.07) is 6.88. The summed E-state index contributed by atoms with van der Waals surface area (Å²) >= 11 is 0. The van der Waals surface area contributed by atoms with Crippen molar-refractivity contribution in [3.63, 3.8) is 0 Å². The number of hydrogen-bond donors (Lipinski definition) is 3. The van der Waals surface area contributed by atoms with E-state index in [2.05, 4.69) is 6.92 Å². The standard InChI is InChI=1S/C29H46N4O9/c1-3-5-18-42-24-8-6-23(7-9-24)19-25(29(40)41-4-2)33-16-14-31(21-27(36)37)12-10-30(20-26(34)35)11-13-32(15-17-33)22-28(38)39/h6-9,25H,3-5,10-22H2,1-2H3,(H,34,35)(H,36,37)(H,38,39). The van der Waals surface area contributed by atoms with E-state index in [0.29, 0.717) is 65.4 Å². The molecule has 0 aromatic heterocycles. The van der Waals surface area contributed by atoms with Crippen molar-refractivity contribution >= 4 is 23.9 Å². The van der Waals surface area contributed by atoms with Gasteiger partial charge in [-0.1, -0.05) is 25.5 Å². The summed E-state index contributed by atoms with van der Waals surface area (Å²) in [5.41, 5.74) is 0.899. The second kappa shape index (κ2) is 19.0. The Morgan fingerprint density at radius 2 is 1.19 bits per heavy atom. The smallest absolute Gasteiger partial charge is 0.323 e. The topological polar surface area (TPSA) is 160 Å². The largest absolute Gasteiger partial charge is 0.494 e. The third-order valence-electron chi connectivity index (χ3n) is 7.07. The summed E-state index contributed by atoms with van der Waals surface area (Å²) in [4.78, 5) is 54.9. The van der Waals surface area contributed by atoms with Crippen LogP contribution >= 0.6 is 0 Å². The predicted octanol–water partition coefficient (Wildman–Crippen LogP) is 0.815. The Kier molecular flexibility index (Phi) is 15.8. The Morgan fingerprint density at radius 1 is 0.738 bits per heavy atom. The second-order valence-electron chi connectivity index (χ2n) is 10.4. The molecule has 236 valence electrons. The van der Waals surface area contributed by atoms with Gasteiger partial charge in [-0.25, -0.2) is 0 Å². The van der Waals surface area contributed by atoms with E-state index in [0.717, 1.165) is 24.2 Å². The highest BCUT2D eigenvalue weighted by atomic mass is 16.5. The van der Waals surface area contributed by atoms with Crippen LogP contribution in [0, 0.1) is 0 Å². The van der Waals surface area contributed by atoms with E-state index in [9.17, 15) is 34.5 Å². The summed E-state index contributed by atoms with van der Waals surface area (Å²) in [5.74, 6) is -2.68. The molecule has 42 heavy (non-hydrogen) atoms. The van der Waals surface area contributed by atoms with Crippen LogP contribution in [0.5, 0.6) is 5.75 Å². The number of unbranched alkanes of at least 4 members (excludes halogenated alkanes) is 1. The molecule has 0 radical (unpaired) electrons. The molecule has 1 aromatic rings. The summed E-state index contributed by atoms with van der Waals surface area (Å²) in [6.45, 7) is 6.44. The third-order valence-corrected chi connectivity index (χ3v) is 7.07. The highest BCUT2D eigenvalue weighted by Gasteiger charge is 2.29. The highest BCUT2D eigenvalue weighted by molar-refractivity contribution is 5.76. The van der Waals surface area contributed by atoms with Gasteiger partial charge in [0.25, 0.3) is 0 Å². The van der Waals surface area contributed by atoms with Gasteiger partial charge in [-0.05, 0) is 37.5 Å². The molecule has 2 rings (SSSR count). The lowest BCUT2D eigenvalue weighted by Crippen LogP contribution is -2.52. The Morgan fingerprint density at radius 3 is 1.60 bits per heavy atom. The van der Waals surface area contributed by atoms with E-state index < -0.39 is 29.9 Å². The first-order valence-corrected chi connectivity index (χ1v) is 14.6. The van der Waals surface area contributed by atoms with Gasteiger partial charge in [-0.2, -0.15) is 0 Å². The van der Waals surface area contributed by atoms with Gasteiger partial charge in [-0.3, -0.25) is 38.8 Å². The van der Waals surface area contributed by atoms with Gasteiger partial charge >= 0.3 is 23.9 Å². The zero-order valence-corrected chi connectivity index (χ0v) is 24.8. The van der Waals surface area contributed by atoms with Crippen molar-refractivity contribution in [3.05, 3.63) is 29.8 Å². The first-order chi connectivity index (χ1) is 20.1. The fraction of sp³-hybridized carbons (Fsp3) is 0.655. The Balaban J connectivity index is 2.31. The summed E-state index contributed by atoms with van der Waals surface area (Å²) in [7, 11) is 0. The first kappa shape index (κ1) is 34.9. The number of benzene rings is 1. The van der Waals surface area contributed by atoms with Crippen LogP contribution in [0.3, 0.4) is 0 Å². The maximum Gasteiger partial charge on any atom is 0.323 e. The van der Waals surface area contributed by atoms with Crippen molar-refractivity contribution in [2.75, 3.05) is 85.2 Å². The number of esters is 1. The molecule has 1 saturated heterocycles. The quantitative estimate of drug-likeness (QED) is 0.194. The van der Waals surface area contributed by atoms with Crippen LogP contribution in [0.15, 0.2) is 24.3 Å². The SMILES string of the molecule is CCCCOc1ccc(CC(C(=O)OCC)N2CCN(CC(=O)O)CCN(CC(=O)O)CCN(CC(=O)O)CC2)cc1. The van der Waals surface area contributed by atoms with Gasteiger partial charge < -0.3 is 24.8 Å². The molecule has 13 heteroatoms. The van der Waals surface area contributed by atoms with E-state index in [1.54, 1.807) is 21.6 Å². The van der Waals surface area contributed by atoms with Crippen molar-refractivity contribution in [3.8, 4) is 5.75 Å². The monoisotopic (exact) mass is 594 g/mol. The number of carboxylic acid groups (broad SMARTS) is 3. The summed E-state index contributed by atoms with van der Waals surface area (Å²) < 4.78 is 11.2. The number of carbonyl (C=O) groups is 4. The minimum atomic E-state index is -1.01. The number of ether oxygens (including phenoxy) is 2. The van der Waals surface area contributed by atoms with E-state index >= 15 is 0 Å². The van der Waals surface area contributed by atoms with Crippen molar-refractivity contribution in [2.45, 2.75) is 39.2 Å². The molecule has 1 aliphatic rings. The van der Waals surface area contributed by atoms with E-state index in [4.69, 9.17) is 9.47 Å². The van der Waals surface area contributed by atoms with E-state index in [1.807, 2.05) is 29.2 Å². The second-order valence-corrected chi connectivity index (χ2v) is 10.4. The van der Waals surface area contributed by atoms with Gasteiger partial charge in [0, 0.05) is 52.4 Å². The lowest BCUT2D eigenvalue weighted by atomic mass is 10.0. The molecule has 0 spiro atoms. The Bertz CT molecular complexity index is 960. The number of carboxylic acids is 3. The van der Waals surface area contributed by atoms with Crippen molar-refractivity contribution in [1.29, 1.82) is 0 Å². The fourth-order valence-corrected chi connectivity index (χ4v) is 4.79. The van der Waals surface area contributed by atoms with E-state index in [1.165, 1.54) is 0 Å². The van der Waals surface area contributed by atoms with Gasteiger partial charge in [0.1, 0.15) is 11.8 Å². The number of rotatable bonds is 15. The zero-order chi connectivity index (χ0) is 30.9. The van der Waals surface area contributed by atoms with E-state index in [-0.39, 0.29) is 26.2 Å². The molecule has 1 aliphatic heterocycles. The molecule has 1 fully saturated rings. The third kappa shape index (κ3) is 13.6. The van der Waals surface area contributed by atoms with Crippen molar-refractivity contribution < 1.29 is 44.0 Å². The van der Waals surface area contributed by atoms with Crippen LogP contribution in [0.4, 0.5) is 0 Å². The fourth-order valence-electron chi connectivity index (χ4n) is 4.79. The number of carbonyl (C=O) groups excluding carboxylic acids is 1. The molecular weight excluding hydrogens is 548 g/mol. The molecule has 0 aliphatic carbocycles. The molecule has 3 N–H and O–H groups in total. The van der Waals surface area contributed by atoms with Crippen LogP contribution in [0.2, 0.25) is 0 Å². The van der Waals surface area contributed by atoms with Crippen LogP contribution in [-0.4, -0.2) is 150 Å². The van der Waals surface area contributed by atoms with Gasteiger partial charge in [0.05, 0.1) is 32.8 Å². The van der Waals surface area contributed by atoms with Gasteiger partial charge in [-0.15, -0.1) is 0 Å². The van der Waals surface area contributed by atoms with Crippen LogP contribution in [0.1, 0.15) is 32.3 Å². The molecule has 0 bridgehead atoms.